The smallest absolute Gasteiger partial charge is 0.183 e. The molecular formula is C21H33NO4S2. The molecule has 0 spiro atoms. The van der Waals surface area contributed by atoms with Gasteiger partial charge in [0.15, 0.2) is 19.7 Å². The van der Waals surface area contributed by atoms with E-state index in [9.17, 15) is 16.8 Å². The Balaban J connectivity index is 1.94. The van der Waals surface area contributed by atoms with Crippen LogP contribution in [-0.4, -0.2) is 57.6 Å². The van der Waals surface area contributed by atoms with Crippen LogP contribution in [-0.2, 0) is 25.1 Å². The monoisotopic (exact) mass is 427 g/mol. The van der Waals surface area contributed by atoms with Crippen molar-refractivity contribution in [3.05, 3.63) is 29.8 Å². The van der Waals surface area contributed by atoms with Gasteiger partial charge in [-0.3, -0.25) is 4.90 Å². The summed E-state index contributed by atoms with van der Waals surface area (Å²) in [4.78, 5) is 2.35. The highest BCUT2D eigenvalue weighted by atomic mass is 32.2. The van der Waals surface area contributed by atoms with Crippen molar-refractivity contribution in [2.24, 2.45) is 11.8 Å². The van der Waals surface area contributed by atoms with E-state index in [0.29, 0.717) is 11.8 Å². The summed E-state index contributed by atoms with van der Waals surface area (Å²) in [5.41, 5.74) is 0.988. The summed E-state index contributed by atoms with van der Waals surface area (Å²) in [5.74, 6) is 0.555. The number of nitrogens with zero attached hydrogens (tertiary/aromatic N) is 1. The summed E-state index contributed by atoms with van der Waals surface area (Å²) in [6, 6.07) is 6.51. The van der Waals surface area contributed by atoms with Crippen LogP contribution in [0.25, 0.3) is 0 Å². The Labute approximate surface area is 170 Å². The van der Waals surface area contributed by atoms with Crippen LogP contribution in [0.4, 0.5) is 0 Å². The minimum Gasteiger partial charge on any atom is -0.297 e. The molecule has 3 rings (SSSR count). The van der Waals surface area contributed by atoms with E-state index < -0.39 is 31.0 Å². The molecule has 1 aromatic carbocycles. The molecule has 7 heteroatoms. The van der Waals surface area contributed by atoms with Crippen LogP contribution in [0.2, 0.25) is 0 Å². The van der Waals surface area contributed by atoms with E-state index in [4.69, 9.17) is 0 Å². The van der Waals surface area contributed by atoms with Crippen LogP contribution in [0, 0.1) is 11.8 Å². The molecule has 0 N–H and O–H groups in total. The largest absolute Gasteiger partial charge is 0.297 e. The molecular weight excluding hydrogens is 394 g/mol. The van der Waals surface area contributed by atoms with Crippen molar-refractivity contribution in [1.82, 2.24) is 4.90 Å². The lowest BCUT2D eigenvalue weighted by Crippen LogP contribution is -2.51. The lowest BCUT2D eigenvalue weighted by Gasteiger charge is -2.40. The highest BCUT2D eigenvalue weighted by molar-refractivity contribution is 7.96. The summed E-state index contributed by atoms with van der Waals surface area (Å²) in [6.07, 6.45) is 1.10. The van der Waals surface area contributed by atoms with E-state index in [2.05, 4.69) is 39.5 Å². The number of hydrogen-bond donors (Lipinski definition) is 0. The summed E-state index contributed by atoms with van der Waals surface area (Å²) < 4.78 is 51.7. The summed E-state index contributed by atoms with van der Waals surface area (Å²) in [6.45, 7) is 12.1. The highest BCUT2D eigenvalue weighted by Gasteiger charge is 2.49. The number of benzene rings is 1. The Morgan fingerprint density at radius 3 is 2.00 bits per heavy atom. The van der Waals surface area contributed by atoms with E-state index in [1.165, 1.54) is 0 Å². The quantitative estimate of drug-likeness (QED) is 0.742. The van der Waals surface area contributed by atoms with Crippen molar-refractivity contribution in [1.29, 1.82) is 0 Å². The Kier molecular flexibility index (Phi) is 5.76. The fourth-order valence-electron chi connectivity index (χ4n) is 4.74. The zero-order chi connectivity index (χ0) is 20.9. The molecule has 0 aromatic heterocycles. The molecule has 2 aliphatic rings. The average Bonchev–Trinajstić information content (AvgIpc) is 2.90. The minimum absolute atomic E-state index is 0.0591. The number of sulfone groups is 2. The third kappa shape index (κ3) is 4.46. The molecule has 5 nitrogen and oxygen atoms in total. The number of rotatable bonds is 3. The third-order valence-electron chi connectivity index (χ3n) is 6.09. The van der Waals surface area contributed by atoms with Crippen molar-refractivity contribution in [3.8, 4) is 0 Å². The number of piperidine rings is 1. The van der Waals surface area contributed by atoms with Crippen molar-refractivity contribution in [2.75, 3.05) is 24.6 Å². The van der Waals surface area contributed by atoms with Gasteiger partial charge in [0, 0.05) is 19.1 Å². The molecule has 1 aromatic rings. The first-order valence-corrected chi connectivity index (χ1v) is 13.5. The van der Waals surface area contributed by atoms with Crippen LogP contribution in [0.5, 0.6) is 0 Å². The number of likely N-dealkylation sites (tertiary alicyclic amines) is 1. The van der Waals surface area contributed by atoms with Gasteiger partial charge in [-0.15, -0.1) is 0 Å². The molecule has 0 aliphatic carbocycles. The van der Waals surface area contributed by atoms with Gasteiger partial charge in [0.25, 0.3) is 0 Å². The molecule has 2 heterocycles. The number of hydrogen-bond acceptors (Lipinski definition) is 5. The predicted octanol–water partition coefficient (Wildman–Crippen LogP) is 2.90. The van der Waals surface area contributed by atoms with E-state index in [1.807, 2.05) is 12.1 Å². The SMILES string of the molecule is C[C@@H]1C[C@H](C)CN([C@H]2CS(=O)(=O)C[C@@H]2S(=O)(=O)c2ccc(C(C)(C)C)cc2)C1. The fourth-order valence-corrected chi connectivity index (χ4v) is 9.56. The van der Waals surface area contributed by atoms with Crippen LogP contribution in [0.3, 0.4) is 0 Å². The third-order valence-corrected chi connectivity index (χ3v) is 10.2. The van der Waals surface area contributed by atoms with Gasteiger partial charge >= 0.3 is 0 Å². The van der Waals surface area contributed by atoms with Crippen molar-refractivity contribution in [3.63, 3.8) is 0 Å². The molecule has 0 unspecified atom stereocenters. The molecule has 0 radical (unpaired) electrons. The average molecular weight is 428 g/mol. The molecule has 28 heavy (non-hydrogen) atoms. The van der Waals surface area contributed by atoms with Gasteiger partial charge in [0.2, 0.25) is 0 Å². The molecule has 2 saturated heterocycles. The lowest BCUT2D eigenvalue weighted by molar-refractivity contribution is 0.107. The van der Waals surface area contributed by atoms with Gasteiger partial charge in [-0.1, -0.05) is 46.8 Å². The van der Waals surface area contributed by atoms with Gasteiger partial charge in [-0.25, -0.2) is 16.8 Å². The van der Waals surface area contributed by atoms with Crippen molar-refractivity contribution in [2.45, 2.75) is 62.6 Å². The molecule has 158 valence electrons. The van der Waals surface area contributed by atoms with Gasteiger partial charge < -0.3 is 0 Å². The maximum Gasteiger partial charge on any atom is 0.183 e. The van der Waals surface area contributed by atoms with E-state index >= 15 is 0 Å². The van der Waals surface area contributed by atoms with Crippen molar-refractivity contribution >= 4 is 19.7 Å². The summed E-state index contributed by atoms with van der Waals surface area (Å²) in [5, 5.41) is -0.893. The summed E-state index contributed by atoms with van der Waals surface area (Å²) >= 11 is 0. The minimum atomic E-state index is -3.73. The summed E-state index contributed by atoms with van der Waals surface area (Å²) in [7, 11) is -7.10. The maximum atomic E-state index is 13.4. The van der Waals surface area contributed by atoms with Crippen LogP contribution in [0.15, 0.2) is 29.2 Å². The Morgan fingerprint density at radius 1 is 0.964 bits per heavy atom. The first kappa shape index (κ1) is 21.8. The highest BCUT2D eigenvalue weighted by Crippen LogP contribution is 2.33. The molecule has 0 amide bonds. The van der Waals surface area contributed by atoms with Crippen LogP contribution >= 0.6 is 0 Å². The van der Waals surface area contributed by atoms with Gasteiger partial charge in [-0.05, 0) is 41.4 Å². The predicted molar refractivity (Wildman–Crippen MR) is 113 cm³/mol. The molecule has 0 bridgehead atoms. The Bertz CT molecular complexity index is 904. The van der Waals surface area contributed by atoms with Gasteiger partial charge in [-0.2, -0.15) is 0 Å². The Morgan fingerprint density at radius 2 is 1.50 bits per heavy atom. The lowest BCUT2D eigenvalue weighted by atomic mass is 9.87. The van der Waals surface area contributed by atoms with E-state index in [1.54, 1.807) is 12.1 Å². The van der Waals surface area contributed by atoms with Gasteiger partial charge in [0.05, 0.1) is 21.7 Å². The molecule has 2 aliphatic heterocycles. The zero-order valence-corrected chi connectivity index (χ0v) is 19.2. The zero-order valence-electron chi connectivity index (χ0n) is 17.6. The van der Waals surface area contributed by atoms with E-state index in [0.717, 1.165) is 25.1 Å². The first-order valence-electron chi connectivity index (χ1n) is 10.1. The van der Waals surface area contributed by atoms with E-state index in [-0.39, 0.29) is 21.8 Å². The topological polar surface area (TPSA) is 71.5 Å². The fraction of sp³-hybridized carbons (Fsp3) is 0.714. The van der Waals surface area contributed by atoms with Gasteiger partial charge in [0.1, 0.15) is 0 Å². The molecule has 0 saturated carbocycles. The second-order valence-corrected chi connectivity index (χ2v) is 14.2. The standard InChI is InChI=1S/C21H33NO4S2/c1-15-10-16(2)12-22(11-15)19-13-27(23,24)14-20(19)28(25,26)18-8-6-17(7-9-18)21(3,4)5/h6-9,15-16,19-20H,10-14H2,1-5H3/t15-,16+,19-,20-/m0/s1. The molecule has 4 atom stereocenters. The van der Waals surface area contributed by atoms with Crippen LogP contribution in [0.1, 0.15) is 46.6 Å². The normalized spacial score (nSPS) is 31.8. The second kappa shape index (κ2) is 7.40. The molecule has 2 fully saturated rings. The van der Waals surface area contributed by atoms with Crippen LogP contribution < -0.4 is 0 Å². The van der Waals surface area contributed by atoms with Crippen molar-refractivity contribution < 1.29 is 16.8 Å². The maximum absolute atomic E-state index is 13.4. The Hall–Kier alpha value is -0.920. The second-order valence-electron chi connectivity index (χ2n) is 9.90. The first-order chi connectivity index (χ1) is 12.8.